The first kappa shape index (κ1) is 12.4. The smallest absolute Gasteiger partial charge is 0.138 e. The molecule has 2 rings (SSSR count). The third-order valence-electron chi connectivity index (χ3n) is 2.08. The zero-order valence-corrected chi connectivity index (χ0v) is 10.7. The second-order valence-corrected chi connectivity index (χ2v) is 4.74. The van der Waals surface area contributed by atoms with Crippen molar-refractivity contribution < 1.29 is 0 Å². The summed E-state index contributed by atoms with van der Waals surface area (Å²) in [5.74, 6) is 0. The summed E-state index contributed by atoms with van der Waals surface area (Å²) in [6, 6.07) is 7.16. The van der Waals surface area contributed by atoms with Gasteiger partial charge in [-0.25, -0.2) is 0 Å². The van der Waals surface area contributed by atoms with Crippen molar-refractivity contribution in [2.75, 3.05) is 0 Å². The van der Waals surface area contributed by atoms with Crippen molar-refractivity contribution >= 4 is 23.5 Å². The van der Waals surface area contributed by atoms with Crippen LogP contribution in [0.3, 0.4) is 0 Å². The van der Waals surface area contributed by atoms with Crippen LogP contribution < -0.4 is 0 Å². The standard InChI is InChI=1S/C12H6N4S2/c13-7-17-9-3-1-5-15-11(9)12-10(18-8-14)4-2-6-16-12/h1-6H. The lowest BCUT2D eigenvalue weighted by atomic mass is 10.2. The molecule has 0 aromatic carbocycles. The van der Waals surface area contributed by atoms with Crippen molar-refractivity contribution in [1.82, 2.24) is 9.97 Å². The highest BCUT2D eigenvalue weighted by atomic mass is 32.2. The Morgan fingerprint density at radius 1 is 0.833 bits per heavy atom. The SMILES string of the molecule is N#CSc1cccnc1-c1ncccc1SC#N. The van der Waals surface area contributed by atoms with Gasteiger partial charge in [0.1, 0.15) is 22.2 Å². The van der Waals surface area contributed by atoms with E-state index in [9.17, 15) is 0 Å². The topological polar surface area (TPSA) is 73.4 Å². The van der Waals surface area contributed by atoms with E-state index >= 15 is 0 Å². The largest absolute Gasteiger partial charge is 0.253 e. The first-order chi connectivity index (χ1) is 8.86. The second kappa shape index (κ2) is 6.06. The third-order valence-corrected chi connectivity index (χ3v) is 3.36. The number of hydrogen-bond donors (Lipinski definition) is 0. The van der Waals surface area contributed by atoms with Crippen LogP contribution in [-0.4, -0.2) is 9.97 Å². The van der Waals surface area contributed by atoms with Gasteiger partial charge >= 0.3 is 0 Å². The maximum atomic E-state index is 8.77. The Morgan fingerprint density at radius 2 is 1.28 bits per heavy atom. The molecule has 0 saturated carbocycles. The van der Waals surface area contributed by atoms with Crippen molar-refractivity contribution in [3.8, 4) is 22.2 Å². The van der Waals surface area contributed by atoms with Crippen LogP contribution in [0.2, 0.25) is 0 Å². The van der Waals surface area contributed by atoms with Gasteiger partial charge in [0.05, 0.1) is 9.79 Å². The second-order valence-electron chi connectivity index (χ2n) is 3.09. The normalized spacial score (nSPS) is 9.44. The number of thioether (sulfide) groups is 2. The molecule has 0 unspecified atom stereocenters. The summed E-state index contributed by atoms with van der Waals surface area (Å²) in [4.78, 5) is 9.98. The molecule has 2 aromatic heterocycles. The predicted octanol–water partition coefficient (Wildman–Crippen LogP) is 3.29. The van der Waals surface area contributed by atoms with Crippen LogP contribution in [0.25, 0.3) is 11.4 Å². The Balaban J connectivity index is 2.56. The molecule has 4 nitrogen and oxygen atoms in total. The van der Waals surface area contributed by atoms with Crippen molar-refractivity contribution in [1.29, 1.82) is 10.5 Å². The summed E-state index contributed by atoms with van der Waals surface area (Å²) in [5.41, 5.74) is 1.25. The predicted molar refractivity (Wildman–Crippen MR) is 70.4 cm³/mol. The molecule has 86 valence electrons. The van der Waals surface area contributed by atoms with E-state index in [0.29, 0.717) is 11.4 Å². The van der Waals surface area contributed by atoms with E-state index in [0.717, 1.165) is 33.3 Å². The molecule has 0 aliphatic rings. The summed E-state index contributed by atoms with van der Waals surface area (Å²) in [7, 11) is 0. The zero-order chi connectivity index (χ0) is 12.8. The molecular weight excluding hydrogens is 264 g/mol. The minimum Gasteiger partial charge on any atom is -0.253 e. The van der Waals surface area contributed by atoms with Crippen molar-refractivity contribution in [2.45, 2.75) is 9.79 Å². The van der Waals surface area contributed by atoms with Gasteiger partial charge in [-0.3, -0.25) is 9.97 Å². The number of nitrogens with zero attached hydrogens (tertiary/aromatic N) is 4. The fourth-order valence-corrected chi connectivity index (χ4v) is 2.38. The van der Waals surface area contributed by atoms with Crippen LogP contribution in [0.4, 0.5) is 0 Å². The van der Waals surface area contributed by atoms with Crippen LogP contribution in [0.1, 0.15) is 0 Å². The summed E-state index contributed by atoms with van der Waals surface area (Å²) >= 11 is 2.07. The van der Waals surface area contributed by atoms with Crippen LogP contribution in [0, 0.1) is 21.3 Å². The van der Waals surface area contributed by atoms with Gasteiger partial charge in [0.2, 0.25) is 0 Å². The Hall–Kier alpha value is -2.02. The van der Waals surface area contributed by atoms with E-state index in [-0.39, 0.29) is 0 Å². The zero-order valence-electron chi connectivity index (χ0n) is 9.07. The average Bonchev–Trinajstić information content (AvgIpc) is 2.41. The monoisotopic (exact) mass is 270 g/mol. The molecule has 6 heteroatoms. The van der Waals surface area contributed by atoms with Crippen LogP contribution >= 0.6 is 23.5 Å². The van der Waals surface area contributed by atoms with E-state index in [2.05, 4.69) is 9.97 Å². The van der Waals surface area contributed by atoms with E-state index in [1.54, 1.807) is 24.5 Å². The van der Waals surface area contributed by atoms with Crippen molar-refractivity contribution in [3.05, 3.63) is 36.7 Å². The molecule has 0 atom stereocenters. The number of pyridine rings is 2. The molecule has 0 aliphatic heterocycles. The fraction of sp³-hybridized carbons (Fsp3) is 0. The summed E-state index contributed by atoms with van der Waals surface area (Å²) < 4.78 is 0. The fourth-order valence-electron chi connectivity index (χ4n) is 1.40. The van der Waals surface area contributed by atoms with Gasteiger partial charge in [0.15, 0.2) is 0 Å². The van der Waals surface area contributed by atoms with Crippen LogP contribution in [0.15, 0.2) is 46.5 Å². The molecule has 18 heavy (non-hydrogen) atoms. The quantitative estimate of drug-likeness (QED) is 0.629. The van der Waals surface area contributed by atoms with E-state index < -0.39 is 0 Å². The van der Waals surface area contributed by atoms with Gasteiger partial charge < -0.3 is 0 Å². The summed E-state index contributed by atoms with van der Waals surface area (Å²) in [6.07, 6.45) is 3.29. The number of thiocyanates is 2. The molecule has 0 bridgehead atoms. The molecule has 2 heterocycles. The van der Waals surface area contributed by atoms with Crippen LogP contribution in [-0.2, 0) is 0 Å². The first-order valence-corrected chi connectivity index (χ1v) is 6.52. The molecule has 0 saturated heterocycles. The first-order valence-electron chi connectivity index (χ1n) is 4.89. The summed E-state index contributed by atoms with van der Waals surface area (Å²) in [6.45, 7) is 0. The van der Waals surface area contributed by atoms with Gasteiger partial charge in [-0.05, 0) is 47.8 Å². The number of rotatable bonds is 3. The van der Waals surface area contributed by atoms with E-state index in [1.807, 2.05) is 22.9 Å². The number of hydrogen-bond acceptors (Lipinski definition) is 6. The van der Waals surface area contributed by atoms with Gasteiger partial charge in [-0.15, -0.1) is 0 Å². The highest BCUT2D eigenvalue weighted by Gasteiger charge is 2.12. The van der Waals surface area contributed by atoms with E-state index in [1.165, 1.54) is 0 Å². The van der Waals surface area contributed by atoms with Gasteiger partial charge in [-0.1, -0.05) is 0 Å². The lowest BCUT2D eigenvalue weighted by Crippen LogP contribution is -1.91. The van der Waals surface area contributed by atoms with Crippen molar-refractivity contribution in [3.63, 3.8) is 0 Å². The van der Waals surface area contributed by atoms with Crippen molar-refractivity contribution in [2.24, 2.45) is 0 Å². The lowest BCUT2D eigenvalue weighted by molar-refractivity contribution is 1.15. The number of nitriles is 2. The van der Waals surface area contributed by atoms with Gasteiger partial charge in [0.25, 0.3) is 0 Å². The molecule has 0 aliphatic carbocycles. The third kappa shape index (κ3) is 2.62. The Bertz CT molecular complexity index is 586. The minimum atomic E-state index is 0.627. The average molecular weight is 270 g/mol. The Labute approximate surface area is 113 Å². The molecule has 0 fully saturated rings. The summed E-state index contributed by atoms with van der Waals surface area (Å²) in [5, 5.41) is 21.6. The molecular formula is C12H6N4S2. The highest BCUT2D eigenvalue weighted by Crippen LogP contribution is 2.33. The van der Waals surface area contributed by atoms with Gasteiger partial charge in [0, 0.05) is 12.4 Å². The maximum Gasteiger partial charge on any atom is 0.138 e. The van der Waals surface area contributed by atoms with E-state index in [4.69, 9.17) is 10.5 Å². The Kier molecular flexibility index (Phi) is 4.19. The molecule has 0 N–H and O–H groups in total. The molecule has 0 spiro atoms. The molecule has 0 amide bonds. The van der Waals surface area contributed by atoms with Gasteiger partial charge in [-0.2, -0.15) is 10.5 Å². The highest BCUT2D eigenvalue weighted by molar-refractivity contribution is 8.04. The molecule has 0 radical (unpaired) electrons. The maximum absolute atomic E-state index is 8.77. The lowest BCUT2D eigenvalue weighted by Gasteiger charge is -2.06. The Morgan fingerprint density at radius 3 is 1.67 bits per heavy atom. The van der Waals surface area contributed by atoms with Crippen LogP contribution in [0.5, 0.6) is 0 Å². The number of aromatic nitrogens is 2. The molecule has 2 aromatic rings. The minimum absolute atomic E-state index is 0.627.